The summed E-state index contributed by atoms with van der Waals surface area (Å²) in [5.41, 5.74) is 2.01. The van der Waals surface area contributed by atoms with Crippen LogP contribution in [0.15, 0.2) is 29.3 Å². The molecule has 1 fully saturated rings. The Hall–Kier alpha value is -1.05. The fourth-order valence-electron chi connectivity index (χ4n) is 1.99. The van der Waals surface area contributed by atoms with Crippen molar-refractivity contribution in [3.8, 4) is 0 Å². The lowest BCUT2D eigenvalue weighted by molar-refractivity contribution is 0.565. The summed E-state index contributed by atoms with van der Waals surface area (Å²) >= 11 is 2.00. The van der Waals surface area contributed by atoms with Crippen molar-refractivity contribution in [3.05, 3.63) is 29.8 Å². The van der Waals surface area contributed by atoms with Gasteiger partial charge in [0.1, 0.15) is 0 Å². The molecule has 15 heavy (non-hydrogen) atoms. The summed E-state index contributed by atoms with van der Waals surface area (Å²) in [4.78, 5) is 14.1. The second-order valence-corrected chi connectivity index (χ2v) is 4.87. The van der Waals surface area contributed by atoms with E-state index in [4.69, 9.17) is 0 Å². The predicted molar refractivity (Wildman–Crippen MR) is 63.5 cm³/mol. The van der Waals surface area contributed by atoms with Crippen molar-refractivity contribution < 1.29 is 4.79 Å². The fraction of sp³-hybridized carbons (Fsp3) is 0.417. The molecule has 3 heteroatoms. The summed E-state index contributed by atoms with van der Waals surface area (Å²) in [7, 11) is 0. The van der Waals surface area contributed by atoms with Gasteiger partial charge < -0.3 is 0 Å². The smallest absolute Gasteiger partial charge is 0.211 e. The summed E-state index contributed by atoms with van der Waals surface area (Å²) in [5, 5.41) is 0. The van der Waals surface area contributed by atoms with Crippen LogP contribution in [0.2, 0.25) is 0 Å². The molecule has 0 unspecified atom stereocenters. The van der Waals surface area contributed by atoms with Gasteiger partial charge in [0, 0.05) is 0 Å². The molecule has 1 aliphatic heterocycles. The Balaban J connectivity index is 2.28. The van der Waals surface area contributed by atoms with Crippen LogP contribution in [0.25, 0.3) is 0 Å². The lowest BCUT2D eigenvalue weighted by atomic mass is 9.92. The first-order chi connectivity index (χ1) is 7.42. The van der Waals surface area contributed by atoms with E-state index in [-0.39, 0.29) is 0 Å². The Labute approximate surface area is 93.8 Å². The van der Waals surface area contributed by atoms with Gasteiger partial charge in [-0.25, -0.2) is 4.79 Å². The van der Waals surface area contributed by atoms with E-state index in [2.05, 4.69) is 11.1 Å². The first kappa shape index (κ1) is 10.5. The number of carbonyl (C=O) groups excluding carboxylic acids is 1. The van der Waals surface area contributed by atoms with E-state index in [1.54, 1.807) is 6.08 Å². The minimum atomic E-state index is 0.569. The first-order valence-electron chi connectivity index (χ1n) is 5.16. The van der Waals surface area contributed by atoms with Gasteiger partial charge in [-0.05, 0) is 41.9 Å². The van der Waals surface area contributed by atoms with Crippen molar-refractivity contribution in [2.75, 3.05) is 11.5 Å². The number of nitrogens with zero attached hydrogens (tertiary/aromatic N) is 1. The molecule has 1 aromatic carbocycles. The van der Waals surface area contributed by atoms with E-state index in [1.807, 2.05) is 30.0 Å². The maximum Gasteiger partial charge on any atom is 0.240 e. The Bertz CT molecular complexity index is 379. The number of isocyanates is 1. The molecular weight excluding hydrogens is 206 g/mol. The highest BCUT2D eigenvalue weighted by molar-refractivity contribution is 7.99. The summed E-state index contributed by atoms with van der Waals surface area (Å²) in [6.07, 6.45) is 4.01. The van der Waals surface area contributed by atoms with Gasteiger partial charge in [0.2, 0.25) is 6.08 Å². The molecule has 2 nitrogen and oxygen atoms in total. The summed E-state index contributed by atoms with van der Waals surface area (Å²) in [5.74, 6) is 2.99. The Kier molecular flexibility index (Phi) is 3.59. The molecule has 2 rings (SSSR count). The Morgan fingerprint density at radius 3 is 2.73 bits per heavy atom. The van der Waals surface area contributed by atoms with Crippen LogP contribution in [0.4, 0.5) is 5.69 Å². The summed E-state index contributed by atoms with van der Waals surface area (Å²) < 4.78 is 0. The molecule has 0 aliphatic carbocycles. The molecule has 0 saturated carbocycles. The third-order valence-corrected chi connectivity index (χ3v) is 3.81. The van der Waals surface area contributed by atoms with Crippen LogP contribution < -0.4 is 0 Å². The molecule has 78 valence electrons. The maximum absolute atomic E-state index is 10.3. The molecule has 1 aliphatic rings. The number of hydrogen-bond acceptors (Lipinski definition) is 3. The second-order valence-electron chi connectivity index (χ2n) is 3.65. The van der Waals surface area contributed by atoms with Crippen LogP contribution in [-0.4, -0.2) is 17.6 Å². The van der Waals surface area contributed by atoms with Crippen LogP contribution in [0.3, 0.4) is 0 Å². The lowest BCUT2D eigenvalue weighted by Crippen LogP contribution is -2.07. The molecule has 1 saturated heterocycles. The minimum Gasteiger partial charge on any atom is -0.211 e. The molecule has 1 heterocycles. The minimum absolute atomic E-state index is 0.569. The normalized spacial score (nSPS) is 17.1. The molecule has 0 amide bonds. The zero-order valence-electron chi connectivity index (χ0n) is 8.48. The van der Waals surface area contributed by atoms with Gasteiger partial charge in [-0.15, -0.1) is 0 Å². The third-order valence-electron chi connectivity index (χ3n) is 2.76. The standard InChI is InChI=1S/C12H13NOS/c14-9-13-12-4-2-1-3-11(12)10-5-7-15-8-6-10/h1-4,10H,5-8H2. The first-order valence-corrected chi connectivity index (χ1v) is 6.32. The molecule has 0 spiro atoms. The molecule has 0 radical (unpaired) electrons. The average molecular weight is 219 g/mol. The number of benzene rings is 1. The van der Waals surface area contributed by atoms with Crippen molar-refractivity contribution in [2.24, 2.45) is 4.99 Å². The van der Waals surface area contributed by atoms with Crippen LogP contribution >= 0.6 is 11.8 Å². The van der Waals surface area contributed by atoms with Gasteiger partial charge in [0.15, 0.2) is 0 Å². The highest BCUT2D eigenvalue weighted by atomic mass is 32.2. The number of aliphatic imine (C=N–C) groups is 1. The molecule has 0 aromatic heterocycles. The Morgan fingerprint density at radius 2 is 2.00 bits per heavy atom. The van der Waals surface area contributed by atoms with Crippen LogP contribution in [0, 0.1) is 0 Å². The van der Waals surface area contributed by atoms with Gasteiger partial charge in [-0.3, -0.25) is 0 Å². The van der Waals surface area contributed by atoms with Gasteiger partial charge in [0.05, 0.1) is 5.69 Å². The summed E-state index contributed by atoms with van der Waals surface area (Å²) in [6, 6.07) is 7.90. The number of para-hydroxylation sites is 1. The maximum atomic E-state index is 10.3. The van der Waals surface area contributed by atoms with Gasteiger partial charge in [-0.2, -0.15) is 16.8 Å². The SMILES string of the molecule is O=C=Nc1ccccc1C1CCSCC1. The zero-order chi connectivity index (χ0) is 10.5. The highest BCUT2D eigenvalue weighted by Crippen LogP contribution is 2.36. The van der Waals surface area contributed by atoms with Crippen molar-refractivity contribution in [1.82, 2.24) is 0 Å². The van der Waals surface area contributed by atoms with Gasteiger partial charge in [-0.1, -0.05) is 18.2 Å². The molecule has 0 N–H and O–H groups in total. The Morgan fingerprint density at radius 1 is 1.27 bits per heavy atom. The van der Waals surface area contributed by atoms with Crippen molar-refractivity contribution in [1.29, 1.82) is 0 Å². The van der Waals surface area contributed by atoms with E-state index < -0.39 is 0 Å². The zero-order valence-corrected chi connectivity index (χ0v) is 9.30. The number of rotatable bonds is 2. The van der Waals surface area contributed by atoms with E-state index in [9.17, 15) is 4.79 Å². The molecule has 1 aromatic rings. The number of hydrogen-bond donors (Lipinski definition) is 0. The van der Waals surface area contributed by atoms with E-state index >= 15 is 0 Å². The van der Waals surface area contributed by atoms with Crippen molar-refractivity contribution >= 4 is 23.5 Å². The quantitative estimate of drug-likeness (QED) is 0.564. The van der Waals surface area contributed by atoms with E-state index in [0.717, 1.165) is 5.69 Å². The van der Waals surface area contributed by atoms with Crippen molar-refractivity contribution in [3.63, 3.8) is 0 Å². The monoisotopic (exact) mass is 219 g/mol. The lowest BCUT2D eigenvalue weighted by Gasteiger charge is -2.22. The average Bonchev–Trinajstić information content (AvgIpc) is 2.31. The third kappa shape index (κ3) is 2.49. The second kappa shape index (κ2) is 5.15. The number of thioether (sulfide) groups is 1. The molecule has 0 bridgehead atoms. The topological polar surface area (TPSA) is 29.4 Å². The van der Waals surface area contributed by atoms with E-state index in [1.165, 1.54) is 29.9 Å². The molecular formula is C12H13NOS. The van der Waals surface area contributed by atoms with E-state index in [0.29, 0.717) is 5.92 Å². The highest BCUT2D eigenvalue weighted by Gasteiger charge is 2.18. The summed E-state index contributed by atoms with van der Waals surface area (Å²) in [6.45, 7) is 0. The predicted octanol–water partition coefficient (Wildman–Crippen LogP) is 3.26. The largest absolute Gasteiger partial charge is 0.240 e. The van der Waals surface area contributed by atoms with Gasteiger partial charge >= 0.3 is 0 Å². The fourth-order valence-corrected chi connectivity index (χ4v) is 3.10. The van der Waals surface area contributed by atoms with Crippen LogP contribution in [0.5, 0.6) is 0 Å². The van der Waals surface area contributed by atoms with Crippen LogP contribution in [0.1, 0.15) is 24.3 Å². The van der Waals surface area contributed by atoms with Gasteiger partial charge in [0.25, 0.3) is 0 Å². The van der Waals surface area contributed by atoms with Crippen LogP contribution in [-0.2, 0) is 4.79 Å². The van der Waals surface area contributed by atoms with Crippen molar-refractivity contribution in [2.45, 2.75) is 18.8 Å². The molecule has 0 atom stereocenters.